The largest absolute Gasteiger partial charge is 0.497 e. The van der Waals surface area contributed by atoms with Crippen LogP contribution in [-0.2, 0) is 11.3 Å². The van der Waals surface area contributed by atoms with Crippen molar-refractivity contribution in [1.82, 2.24) is 9.97 Å². The predicted molar refractivity (Wildman–Crippen MR) is 113 cm³/mol. The summed E-state index contributed by atoms with van der Waals surface area (Å²) in [7, 11) is 1.65. The van der Waals surface area contributed by atoms with Crippen molar-refractivity contribution in [2.75, 3.05) is 67.4 Å². The second-order valence-corrected chi connectivity index (χ2v) is 7.30. The van der Waals surface area contributed by atoms with Gasteiger partial charge in [-0.25, -0.2) is 0 Å². The Bertz CT molecular complexity index is 826. The quantitative estimate of drug-likeness (QED) is 0.656. The van der Waals surface area contributed by atoms with Crippen LogP contribution in [0.25, 0.3) is 0 Å². The van der Waals surface area contributed by atoms with Gasteiger partial charge in [0, 0.05) is 32.7 Å². The number of aliphatic hydroxyl groups excluding tert-OH is 1. The molecule has 0 aliphatic carbocycles. The van der Waals surface area contributed by atoms with E-state index < -0.39 is 0 Å². The Hall–Kier alpha value is -2.78. The van der Waals surface area contributed by atoms with Gasteiger partial charge in [0.05, 0.1) is 26.4 Å². The zero-order valence-corrected chi connectivity index (χ0v) is 16.7. The first kappa shape index (κ1) is 19.5. The fourth-order valence-corrected chi connectivity index (χ4v) is 3.59. The number of nitrogens with one attached hydrogen (secondary N) is 1. The molecule has 0 saturated carbocycles. The highest BCUT2D eigenvalue weighted by atomic mass is 16.5. The van der Waals surface area contributed by atoms with Crippen LogP contribution in [0.2, 0.25) is 0 Å². The van der Waals surface area contributed by atoms with Crippen LogP contribution in [0.3, 0.4) is 0 Å². The molecule has 1 atom stereocenters. The molecule has 0 spiro atoms. The van der Waals surface area contributed by atoms with Crippen molar-refractivity contribution in [2.24, 2.45) is 0 Å². The van der Waals surface area contributed by atoms with Crippen molar-refractivity contribution >= 4 is 23.3 Å². The molecule has 4 N–H and O–H groups in total. The van der Waals surface area contributed by atoms with Crippen LogP contribution in [0, 0.1) is 0 Å². The van der Waals surface area contributed by atoms with E-state index in [0.29, 0.717) is 56.0 Å². The first-order valence-corrected chi connectivity index (χ1v) is 9.94. The summed E-state index contributed by atoms with van der Waals surface area (Å²) < 4.78 is 10.7. The van der Waals surface area contributed by atoms with Gasteiger partial charge in [-0.2, -0.15) is 9.97 Å². The highest BCUT2D eigenvalue weighted by molar-refractivity contribution is 5.77. The molecule has 1 unspecified atom stereocenters. The van der Waals surface area contributed by atoms with Gasteiger partial charge in [0.25, 0.3) is 0 Å². The molecule has 0 amide bonds. The fraction of sp³-hybridized carbons (Fsp3) is 0.500. The second-order valence-electron chi connectivity index (χ2n) is 7.30. The minimum absolute atomic E-state index is 0.355. The molecule has 3 heterocycles. The first-order valence-electron chi connectivity index (χ1n) is 9.94. The summed E-state index contributed by atoms with van der Waals surface area (Å²) in [4.78, 5) is 13.6. The number of nitrogens with two attached hydrogens (primary N) is 1. The van der Waals surface area contributed by atoms with Crippen LogP contribution in [0.4, 0.5) is 23.3 Å². The number of aliphatic hydroxyl groups is 1. The van der Waals surface area contributed by atoms with E-state index in [1.165, 1.54) is 0 Å². The second kappa shape index (κ2) is 8.71. The van der Waals surface area contributed by atoms with Crippen molar-refractivity contribution in [3.8, 4) is 5.75 Å². The number of hydrogen-bond donors (Lipinski definition) is 3. The Morgan fingerprint density at radius 3 is 2.59 bits per heavy atom. The van der Waals surface area contributed by atoms with Crippen LogP contribution in [-0.4, -0.2) is 67.7 Å². The Kier molecular flexibility index (Phi) is 5.86. The average Bonchev–Trinajstić information content (AvgIpc) is 3.20. The minimum Gasteiger partial charge on any atom is -0.497 e. The Balaban J connectivity index is 1.59. The number of anilines is 4. The van der Waals surface area contributed by atoms with E-state index >= 15 is 0 Å². The lowest BCUT2D eigenvalue weighted by atomic mass is 10.2. The van der Waals surface area contributed by atoms with Crippen LogP contribution in [0.15, 0.2) is 24.3 Å². The van der Waals surface area contributed by atoms with Gasteiger partial charge < -0.3 is 35.4 Å². The lowest BCUT2D eigenvalue weighted by Gasteiger charge is -2.29. The highest BCUT2D eigenvalue weighted by Gasteiger charge is 2.26. The third kappa shape index (κ3) is 4.46. The van der Waals surface area contributed by atoms with Crippen LogP contribution in [0.1, 0.15) is 12.0 Å². The zero-order valence-electron chi connectivity index (χ0n) is 16.7. The number of morpholine rings is 1. The Morgan fingerprint density at radius 1 is 1.17 bits per heavy atom. The van der Waals surface area contributed by atoms with E-state index in [0.717, 1.165) is 30.9 Å². The number of nitrogens with zero attached hydrogens (tertiary/aromatic N) is 4. The molecule has 2 saturated heterocycles. The average molecular weight is 400 g/mol. The summed E-state index contributed by atoms with van der Waals surface area (Å²) in [5, 5.41) is 13.3. The molecule has 0 bridgehead atoms. The van der Waals surface area contributed by atoms with E-state index in [4.69, 9.17) is 25.2 Å². The molecule has 0 radical (unpaired) electrons. The van der Waals surface area contributed by atoms with E-state index in [1.54, 1.807) is 7.11 Å². The van der Waals surface area contributed by atoms with E-state index in [2.05, 4.69) is 10.2 Å². The fourth-order valence-electron chi connectivity index (χ4n) is 3.59. The molecule has 1 aromatic heterocycles. The van der Waals surface area contributed by atoms with Crippen LogP contribution < -0.4 is 25.6 Å². The van der Waals surface area contributed by atoms with Crippen molar-refractivity contribution < 1.29 is 14.6 Å². The number of benzene rings is 1. The number of nitrogen functional groups attached to an aromatic ring is 1. The molecule has 29 heavy (non-hydrogen) atoms. The highest BCUT2D eigenvalue weighted by Crippen LogP contribution is 2.32. The molecule has 9 heteroatoms. The van der Waals surface area contributed by atoms with E-state index in [1.807, 2.05) is 29.2 Å². The number of β-amino-alcohol motifs (C(OH)–C–C–N with tert-alkyl or cyclic N) is 1. The number of aromatic nitrogens is 2. The van der Waals surface area contributed by atoms with E-state index in [9.17, 15) is 5.11 Å². The summed E-state index contributed by atoms with van der Waals surface area (Å²) >= 11 is 0. The van der Waals surface area contributed by atoms with Gasteiger partial charge in [-0.3, -0.25) is 0 Å². The monoisotopic (exact) mass is 400 g/mol. The van der Waals surface area contributed by atoms with E-state index in [-0.39, 0.29) is 6.10 Å². The van der Waals surface area contributed by atoms with Gasteiger partial charge in [0.2, 0.25) is 5.95 Å². The van der Waals surface area contributed by atoms with Crippen molar-refractivity contribution in [3.05, 3.63) is 29.8 Å². The molecular formula is C20H28N6O3. The number of rotatable bonds is 6. The lowest BCUT2D eigenvalue weighted by molar-refractivity contribution is 0.122. The molecule has 2 fully saturated rings. The summed E-state index contributed by atoms with van der Waals surface area (Å²) in [6, 6.07) is 7.86. The van der Waals surface area contributed by atoms with Crippen LogP contribution in [0.5, 0.6) is 5.75 Å². The maximum atomic E-state index is 9.96. The first-order chi connectivity index (χ1) is 14.1. The zero-order chi connectivity index (χ0) is 20.2. The molecule has 2 aromatic rings. The topological polar surface area (TPSA) is 109 Å². The molecule has 9 nitrogen and oxygen atoms in total. The SMILES string of the molecule is COc1ccc(CNc2nc(N3CCOCC3)nc(N3CCC(O)C3)c2N)cc1. The molecule has 4 rings (SSSR count). The molecular weight excluding hydrogens is 372 g/mol. The van der Waals surface area contributed by atoms with Gasteiger partial charge in [-0.1, -0.05) is 12.1 Å². The van der Waals surface area contributed by atoms with Gasteiger partial charge in [0.1, 0.15) is 11.4 Å². The maximum Gasteiger partial charge on any atom is 0.229 e. The summed E-state index contributed by atoms with van der Waals surface area (Å²) in [6.45, 7) is 4.62. The van der Waals surface area contributed by atoms with Crippen molar-refractivity contribution in [2.45, 2.75) is 19.1 Å². The smallest absolute Gasteiger partial charge is 0.229 e. The van der Waals surface area contributed by atoms with Crippen molar-refractivity contribution in [3.63, 3.8) is 0 Å². The Labute approximate surface area is 170 Å². The molecule has 2 aliphatic rings. The molecule has 1 aromatic carbocycles. The third-order valence-corrected chi connectivity index (χ3v) is 5.29. The van der Waals surface area contributed by atoms with Gasteiger partial charge in [0.15, 0.2) is 11.6 Å². The van der Waals surface area contributed by atoms with Crippen LogP contribution >= 0.6 is 0 Å². The third-order valence-electron chi connectivity index (χ3n) is 5.29. The summed E-state index contributed by atoms with van der Waals surface area (Å²) in [6.07, 6.45) is 0.359. The van der Waals surface area contributed by atoms with Gasteiger partial charge in [-0.15, -0.1) is 0 Å². The normalized spacial score (nSPS) is 19.4. The minimum atomic E-state index is -0.355. The lowest BCUT2D eigenvalue weighted by Crippen LogP contribution is -2.38. The standard InChI is InChI=1S/C20H28N6O3/c1-28-16-4-2-14(3-5-16)12-22-18-17(21)19(26-7-6-15(27)13-26)24-20(23-18)25-8-10-29-11-9-25/h2-5,15,27H,6-13,21H2,1H3,(H,22,23,24). The van der Waals surface area contributed by atoms with Crippen molar-refractivity contribution in [1.29, 1.82) is 0 Å². The molecule has 156 valence electrons. The predicted octanol–water partition coefficient (Wildman–Crippen LogP) is 1.09. The Morgan fingerprint density at radius 2 is 1.93 bits per heavy atom. The maximum absolute atomic E-state index is 9.96. The molecule has 2 aliphatic heterocycles. The number of hydrogen-bond acceptors (Lipinski definition) is 9. The van der Waals surface area contributed by atoms with Gasteiger partial charge in [-0.05, 0) is 24.1 Å². The number of methoxy groups -OCH3 is 1. The van der Waals surface area contributed by atoms with Gasteiger partial charge >= 0.3 is 0 Å². The summed E-state index contributed by atoms with van der Waals surface area (Å²) in [5.41, 5.74) is 8.04. The number of ether oxygens (including phenoxy) is 2. The summed E-state index contributed by atoms with van der Waals surface area (Å²) in [5.74, 6) is 2.74.